The van der Waals surface area contributed by atoms with E-state index in [2.05, 4.69) is 69.3 Å². The summed E-state index contributed by atoms with van der Waals surface area (Å²) in [5.74, 6) is 0. The van der Waals surface area contributed by atoms with Gasteiger partial charge in [0.25, 0.3) is 0 Å². The van der Waals surface area contributed by atoms with E-state index in [1.54, 1.807) is 0 Å². The second kappa shape index (κ2) is 6.39. The van der Waals surface area contributed by atoms with Crippen molar-refractivity contribution in [1.82, 2.24) is 5.32 Å². The molecule has 0 saturated carbocycles. The average molecular weight is 366 g/mol. The Bertz CT molecular complexity index is 701. The molecule has 0 radical (unpaired) electrons. The Kier molecular flexibility index (Phi) is 4.56. The minimum atomic E-state index is 0.398. The van der Waals surface area contributed by atoms with Crippen LogP contribution in [0.4, 0.5) is 0 Å². The monoisotopic (exact) mass is 365 g/mol. The zero-order valence-electron chi connectivity index (χ0n) is 11.2. The number of rotatable bonds is 5. The highest BCUT2D eigenvalue weighted by Gasteiger charge is 2.15. The van der Waals surface area contributed by atoms with E-state index < -0.39 is 0 Å². The van der Waals surface area contributed by atoms with Gasteiger partial charge in [-0.2, -0.15) is 0 Å². The molecule has 3 rings (SSSR count). The molecule has 20 heavy (non-hydrogen) atoms. The number of benzene rings is 1. The number of thiophene rings is 2. The van der Waals surface area contributed by atoms with E-state index in [0.717, 1.165) is 13.0 Å². The lowest BCUT2D eigenvalue weighted by Crippen LogP contribution is -2.21. The Hall–Kier alpha value is -0.680. The van der Waals surface area contributed by atoms with Crippen molar-refractivity contribution >= 4 is 48.7 Å². The molecule has 3 aromatic rings. The van der Waals surface area contributed by atoms with Crippen LogP contribution in [0.5, 0.6) is 0 Å². The highest BCUT2D eigenvalue weighted by atomic mass is 79.9. The van der Waals surface area contributed by atoms with Gasteiger partial charge in [-0.25, -0.2) is 0 Å². The molecular formula is C16H16BrNS2. The zero-order valence-corrected chi connectivity index (χ0v) is 14.4. The van der Waals surface area contributed by atoms with E-state index in [9.17, 15) is 0 Å². The molecule has 0 spiro atoms. The quantitative estimate of drug-likeness (QED) is 0.618. The molecule has 1 N–H and O–H groups in total. The minimum absolute atomic E-state index is 0.398. The van der Waals surface area contributed by atoms with Crippen molar-refractivity contribution in [3.63, 3.8) is 0 Å². The molecule has 0 amide bonds. The third-order valence-corrected chi connectivity index (χ3v) is 6.19. The molecular weight excluding hydrogens is 350 g/mol. The lowest BCUT2D eigenvalue weighted by Gasteiger charge is -2.16. The first-order valence-electron chi connectivity index (χ1n) is 6.70. The summed E-state index contributed by atoms with van der Waals surface area (Å²) < 4.78 is 2.56. The highest BCUT2D eigenvalue weighted by molar-refractivity contribution is 9.10. The summed E-state index contributed by atoms with van der Waals surface area (Å²) in [5.41, 5.74) is 1.45. The van der Waals surface area contributed by atoms with Crippen LogP contribution >= 0.6 is 38.6 Å². The van der Waals surface area contributed by atoms with E-state index >= 15 is 0 Å². The maximum Gasteiger partial charge on any atom is 0.0456 e. The van der Waals surface area contributed by atoms with Crippen molar-refractivity contribution in [3.05, 3.63) is 56.0 Å². The first-order valence-corrected chi connectivity index (χ1v) is 9.25. The van der Waals surface area contributed by atoms with Crippen LogP contribution in [0.2, 0.25) is 0 Å². The molecule has 0 aliphatic rings. The van der Waals surface area contributed by atoms with Crippen molar-refractivity contribution in [3.8, 4) is 0 Å². The first kappa shape index (κ1) is 14.3. The molecule has 0 fully saturated rings. The summed E-state index contributed by atoms with van der Waals surface area (Å²) >= 11 is 7.21. The number of halogens is 1. The summed E-state index contributed by atoms with van der Waals surface area (Å²) in [7, 11) is 0. The predicted octanol–water partition coefficient (Wildman–Crippen LogP) is 5.62. The van der Waals surface area contributed by atoms with Gasteiger partial charge in [0, 0.05) is 25.5 Å². The third-order valence-electron chi connectivity index (χ3n) is 3.37. The molecule has 1 nitrogen and oxygen atoms in total. The summed E-state index contributed by atoms with van der Waals surface area (Å²) in [6.45, 7) is 3.16. The molecule has 0 aliphatic carbocycles. The van der Waals surface area contributed by atoms with Gasteiger partial charge >= 0.3 is 0 Å². The van der Waals surface area contributed by atoms with Crippen LogP contribution < -0.4 is 5.32 Å². The molecule has 104 valence electrons. The summed E-state index contributed by atoms with van der Waals surface area (Å²) in [4.78, 5) is 1.40. The molecule has 4 heteroatoms. The maximum absolute atomic E-state index is 3.61. The van der Waals surface area contributed by atoms with Gasteiger partial charge in [0.05, 0.1) is 0 Å². The smallest absolute Gasteiger partial charge is 0.0456 e. The largest absolute Gasteiger partial charge is 0.309 e. The SMILES string of the molecule is CCNC(Cc1csc2ccccc12)c1cc(Br)cs1. The zero-order chi connectivity index (χ0) is 13.9. The Morgan fingerprint density at radius 1 is 1.20 bits per heavy atom. The van der Waals surface area contributed by atoms with Gasteiger partial charge in [-0.05, 0) is 57.4 Å². The van der Waals surface area contributed by atoms with Crippen LogP contribution in [0.15, 0.2) is 45.6 Å². The molecule has 1 aromatic carbocycles. The van der Waals surface area contributed by atoms with E-state index in [1.165, 1.54) is 25.0 Å². The van der Waals surface area contributed by atoms with E-state index in [0.29, 0.717) is 6.04 Å². The van der Waals surface area contributed by atoms with Gasteiger partial charge in [-0.3, -0.25) is 0 Å². The summed E-state index contributed by atoms with van der Waals surface area (Å²) in [5, 5.41) is 9.47. The lowest BCUT2D eigenvalue weighted by molar-refractivity contribution is 0.560. The van der Waals surface area contributed by atoms with E-state index in [-0.39, 0.29) is 0 Å². The standard InChI is InChI=1S/C16H16BrNS2/c1-2-18-14(16-8-12(17)10-20-16)7-11-9-19-15-6-4-3-5-13(11)15/h3-6,8-10,14,18H,2,7H2,1H3. The van der Waals surface area contributed by atoms with Crippen molar-refractivity contribution < 1.29 is 0 Å². The molecule has 0 saturated heterocycles. The normalized spacial score (nSPS) is 12.9. The van der Waals surface area contributed by atoms with Gasteiger partial charge in [-0.15, -0.1) is 22.7 Å². The number of fused-ring (bicyclic) bond motifs is 1. The fourth-order valence-electron chi connectivity index (χ4n) is 2.44. The van der Waals surface area contributed by atoms with Gasteiger partial charge in [0.1, 0.15) is 0 Å². The first-order chi connectivity index (χ1) is 9.78. The minimum Gasteiger partial charge on any atom is -0.309 e. The van der Waals surface area contributed by atoms with Crippen LogP contribution in [0, 0.1) is 0 Å². The van der Waals surface area contributed by atoms with Crippen molar-refractivity contribution in [2.45, 2.75) is 19.4 Å². The number of hydrogen-bond donors (Lipinski definition) is 1. The number of nitrogens with one attached hydrogen (secondary N) is 1. The lowest BCUT2D eigenvalue weighted by atomic mass is 10.0. The van der Waals surface area contributed by atoms with Crippen molar-refractivity contribution in [1.29, 1.82) is 0 Å². The Morgan fingerprint density at radius 3 is 2.80 bits per heavy atom. The van der Waals surface area contributed by atoms with Gasteiger partial charge in [0.2, 0.25) is 0 Å². The van der Waals surface area contributed by atoms with Gasteiger partial charge < -0.3 is 5.32 Å². The van der Waals surface area contributed by atoms with Crippen LogP contribution in [0.3, 0.4) is 0 Å². The second-order valence-electron chi connectivity index (χ2n) is 4.74. The van der Waals surface area contributed by atoms with Crippen LogP contribution in [-0.4, -0.2) is 6.54 Å². The number of likely N-dealkylation sites (N-methyl/N-ethyl adjacent to an activating group) is 1. The van der Waals surface area contributed by atoms with E-state index in [1.807, 2.05) is 22.7 Å². The molecule has 0 bridgehead atoms. The second-order valence-corrected chi connectivity index (χ2v) is 7.51. The number of hydrogen-bond acceptors (Lipinski definition) is 3. The van der Waals surface area contributed by atoms with Crippen LogP contribution in [-0.2, 0) is 6.42 Å². The molecule has 1 atom stereocenters. The van der Waals surface area contributed by atoms with Gasteiger partial charge in [0.15, 0.2) is 0 Å². The van der Waals surface area contributed by atoms with Crippen LogP contribution in [0.25, 0.3) is 10.1 Å². The van der Waals surface area contributed by atoms with Gasteiger partial charge in [-0.1, -0.05) is 25.1 Å². The average Bonchev–Trinajstić information content (AvgIpc) is 3.05. The predicted molar refractivity (Wildman–Crippen MR) is 94.0 cm³/mol. The molecule has 2 heterocycles. The fourth-order valence-corrected chi connectivity index (χ4v) is 4.94. The molecule has 1 unspecified atom stereocenters. The molecule has 2 aromatic heterocycles. The highest BCUT2D eigenvalue weighted by Crippen LogP contribution is 2.32. The third kappa shape index (κ3) is 2.98. The maximum atomic E-state index is 3.61. The van der Waals surface area contributed by atoms with Crippen LogP contribution in [0.1, 0.15) is 23.4 Å². The molecule has 0 aliphatic heterocycles. The Morgan fingerprint density at radius 2 is 2.05 bits per heavy atom. The summed E-state index contributed by atoms with van der Waals surface area (Å²) in [6, 6.07) is 11.3. The Labute approximate surface area is 135 Å². The van der Waals surface area contributed by atoms with E-state index in [4.69, 9.17) is 0 Å². The topological polar surface area (TPSA) is 12.0 Å². The van der Waals surface area contributed by atoms with Crippen molar-refractivity contribution in [2.24, 2.45) is 0 Å². The Balaban J connectivity index is 1.90. The van der Waals surface area contributed by atoms with Crippen molar-refractivity contribution in [2.75, 3.05) is 6.54 Å². The summed E-state index contributed by atoms with van der Waals surface area (Å²) in [6.07, 6.45) is 1.05. The fraction of sp³-hybridized carbons (Fsp3) is 0.250.